The number of hydrogen-bond acceptors (Lipinski definition) is 1. The third-order valence-electron chi connectivity index (χ3n) is 3.71. The summed E-state index contributed by atoms with van der Waals surface area (Å²) in [5, 5.41) is 9.12. The van der Waals surface area contributed by atoms with Crippen molar-refractivity contribution in [3.63, 3.8) is 0 Å². The SMILES string of the molecule is CCCC(CCO)c1ccc2c(c1)CCC2. The maximum atomic E-state index is 9.12. The lowest BCUT2D eigenvalue weighted by Gasteiger charge is -2.16. The lowest BCUT2D eigenvalue weighted by atomic mass is 9.90. The average molecular weight is 218 g/mol. The highest BCUT2D eigenvalue weighted by Crippen LogP contribution is 2.29. The van der Waals surface area contributed by atoms with Gasteiger partial charge in [0, 0.05) is 6.61 Å². The van der Waals surface area contributed by atoms with Crippen molar-refractivity contribution >= 4 is 0 Å². The molecule has 2 rings (SSSR count). The molecule has 0 saturated heterocycles. The highest BCUT2D eigenvalue weighted by molar-refractivity contribution is 5.36. The van der Waals surface area contributed by atoms with Gasteiger partial charge in [0.15, 0.2) is 0 Å². The Bertz CT molecular complexity index is 337. The normalized spacial score (nSPS) is 16.1. The lowest BCUT2D eigenvalue weighted by molar-refractivity contribution is 0.272. The Morgan fingerprint density at radius 1 is 1.19 bits per heavy atom. The zero-order valence-electron chi connectivity index (χ0n) is 10.2. The molecule has 1 unspecified atom stereocenters. The molecule has 1 aliphatic rings. The number of aliphatic hydroxyl groups is 1. The molecule has 0 fully saturated rings. The van der Waals surface area contributed by atoms with Gasteiger partial charge in [-0.05, 0) is 54.7 Å². The van der Waals surface area contributed by atoms with Crippen LogP contribution >= 0.6 is 0 Å². The Morgan fingerprint density at radius 2 is 2.00 bits per heavy atom. The van der Waals surface area contributed by atoms with Crippen molar-refractivity contribution in [2.45, 2.75) is 51.4 Å². The van der Waals surface area contributed by atoms with Gasteiger partial charge in [-0.1, -0.05) is 31.5 Å². The van der Waals surface area contributed by atoms with Crippen molar-refractivity contribution in [3.05, 3.63) is 34.9 Å². The molecular formula is C15H22O. The van der Waals surface area contributed by atoms with Gasteiger partial charge in [-0.25, -0.2) is 0 Å². The number of hydrogen-bond donors (Lipinski definition) is 1. The van der Waals surface area contributed by atoms with Crippen LogP contribution in [0.1, 0.15) is 55.2 Å². The van der Waals surface area contributed by atoms with Crippen molar-refractivity contribution < 1.29 is 5.11 Å². The van der Waals surface area contributed by atoms with Gasteiger partial charge in [-0.15, -0.1) is 0 Å². The summed E-state index contributed by atoms with van der Waals surface area (Å²) in [4.78, 5) is 0. The number of rotatable bonds is 5. The number of aliphatic hydroxyl groups excluding tert-OH is 1. The van der Waals surface area contributed by atoms with Gasteiger partial charge >= 0.3 is 0 Å². The standard InChI is InChI=1S/C15H22O/c1-2-4-12(9-10-16)15-8-7-13-5-3-6-14(13)11-15/h7-8,11-12,16H,2-6,9-10H2,1H3. The lowest BCUT2D eigenvalue weighted by Crippen LogP contribution is -2.02. The molecular weight excluding hydrogens is 196 g/mol. The maximum Gasteiger partial charge on any atom is 0.0436 e. The molecule has 0 saturated carbocycles. The first-order valence-electron chi connectivity index (χ1n) is 6.57. The molecule has 0 aromatic heterocycles. The van der Waals surface area contributed by atoms with Crippen molar-refractivity contribution in [1.29, 1.82) is 0 Å². The average Bonchev–Trinajstić information content (AvgIpc) is 2.75. The topological polar surface area (TPSA) is 20.2 Å². The van der Waals surface area contributed by atoms with Gasteiger partial charge in [0.25, 0.3) is 0 Å². The second kappa shape index (κ2) is 5.49. The van der Waals surface area contributed by atoms with Crippen molar-refractivity contribution in [3.8, 4) is 0 Å². The van der Waals surface area contributed by atoms with Crippen LogP contribution in [0.4, 0.5) is 0 Å². The largest absolute Gasteiger partial charge is 0.396 e. The minimum atomic E-state index is 0.307. The molecule has 1 atom stereocenters. The molecule has 1 aliphatic carbocycles. The fraction of sp³-hybridized carbons (Fsp3) is 0.600. The molecule has 1 aromatic carbocycles. The first kappa shape index (κ1) is 11.7. The summed E-state index contributed by atoms with van der Waals surface area (Å²) in [5.74, 6) is 0.556. The first-order chi connectivity index (χ1) is 7.85. The molecule has 0 aliphatic heterocycles. The van der Waals surface area contributed by atoms with Gasteiger partial charge in [-0.3, -0.25) is 0 Å². The molecule has 16 heavy (non-hydrogen) atoms. The molecule has 1 N–H and O–H groups in total. The smallest absolute Gasteiger partial charge is 0.0436 e. The van der Waals surface area contributed by atoms with Crippen LogP contribution in [0.2, 0.25) is 0 Å². The van der Waals surface area contributed by atoms with Crippen LogP contribution in [0.25, 0.3) is 0 Å². The molecule has 0 spiro atoms. The van der Waals surface area contributed by atoms with E-state index in [2.05, 4.69) is 25.1 Å². The van der Waals surface area contributed by atoms with Crippen LogP contribution in [0.3, 0.4) is 0 Å². The highest BCUT2D eigenvalue weighted by atomic mass is 16.3. The van der Waals surface area contributed by atoms with Gasteiger partial charge in [0.1, 0.15) is 0 Å². The summed E-state index contributed by atoms with van der Waals surface area (Å²) in [6, 6.07) is 6.97. The van der Waals surface area contributed by atoms with Crippen LogP contribution in [-0.4, -0.2) is 11.7 Å². The van der Waals surface area contributed by atoms with Crippen LogP contribution in [0, 0.1) is 0 Å². The summed E-state index contributed by atoms with van der Waals surface area (Å²) in [6.07, 6.45) is 7.13. The van der Waals surface area contributed by atoms with Crippen molar-refractivity contribution in [2.24, 2.45) is 0 Å². The first-order valence-corrected chi connectivity index (χ1v) is 6.57. The van der Waals surface area contributed by atoms with Crippen LogP contribution < -0.4 is 0 Å². The van der Waals surface area contributed by atoms with Crippen LogP contribution in [0.5, 0.6) is 0 Å². The van der Waals surface area contributed by atoms with E-state index < -0.39 is 0 Å². The van der Waals surface area contributed by atoms with E-state index in [1.807, 2.05) is 0 Å². The third-order valence-corrected chi connectivity index (χ3v) is 3.71. The maximum absolute atomic E-state index is 9.12. The monoisotopic (exact) mass is 218 g/mol. The molecule has 1 heteroatoms. The summed E-state index contributed by atoms with van der Waals surface area (Å²) < 4.78 is 0. The Hall–Kier alpha value is -0.820. The fourth-order valence-electron chi connectivity index (χ4n) is 2.83. The predicted molar refractivity (Wildman–Crippen MR) is 67.8 cm³/mol. The van der Waals surface area contributed by atoms with E-state index in [1.54, 1.807) is 11.1 Å². The van der Waals surface area contributed by atoms with E-state index in [-0.39, 0.29) is 0 Å². The van der Waals surface area contributed by atoms with E-state index >= 15 is 0 Å². The van der Waals surface area contributed by atoms with Crippen molar-refractivity contribution in [2.75, 3.05) is 6.61 Å². The molecule has 0 amide bonds. The zero-order chi connectivity index (χ0) is 11.4. The summed E-state index contributed by atoms with van der Waals surface area (Å²) >= 11 is 0. The van der Waals surface area contributed by atoms with Crippen LogP contribution in [0.15, 0.2) is 18.2 Å². The Labute approximate surface area is 98.5 Å². The van der Waals surface area contributed by atoms with E-state index in [9.17, 15) is 0 Å². The minimum absolute atomic E-state index is 0.307. The molecule has 88 valence electrons. The van der Waals surface area contributed by atoms with Crippen LogP contribution in [-0.2, 0) is 12.8 Å². The highest BCUT2D eigenvalue weighted by Gasteiger charge is 2.15. The Balaban J connectivity index is 2.17. The molecule has 0 bridgehead atoms. The number of benzene rings is 1. The summed E-state index contributed by atoms with van der Waals surface area (Å²) in [7, 11) is 0. The minimum Gasteiger partial charge on any atom is -0.396 e. The van der Waals surface area contributed by atoms with E-state index in [1.165, 1.54) is 37.7 Å². The summed E-state index contributed by atoms with van der Waals surface area (Å²) in [6.45, 7) is 2.53. The van der Waals surface area contributed by atoms with Gasteiger partial charge < -0.3 is 5.11 Å². The number of fused-ring (bicyclic) bond motifs is 1. The predicted octanol–water partition coefficient (Wildman–Crippen LogP) is 3.44. The Kier molecular flexibility index (Phi) is 4.00. The molecule has 1 nitrogen and oxygen atoms in total. The van der Waals surface area contributed by atoms with Gasteiger partial charge in [-0.2, -0.15) is 0 Å². The quantitative estimate of drug-likeness (QED) is 0.802. The fourth-order valence-corrected chi connectivity index (χ4v) is 2.83. The van der Waals surface area contributed by atoms with E-state index in [0.29, 0.717) is 12.5 Å². The molecule has 1 aromatic rings. The number of aryl methyl sites for hydroxylation is 2. The second-order valence-electron chi connectivity index (χ2n) is 4.88. The molecule has 0 radical (unpaired) electrons. The van der Waals surface area contributed by atoms with Gasteiger partial charge in [0.2, 0.25) is 0 Å². The third kappa shape index (κ3) is 2.46. The van der Waals surface area contributed by atoms with Gasteiger partial charge in [0.05, 0.1) is 0 Å². The van der Waals surface area contributed by atoms with E-state index in [0.717, 1.165) is 6.42 Å². The summed E-state index contributed by atoms with van der Waals surface area (Å²) in [5.41, 5.74) is 4.54. The second-order valence-corrected chi connectivity index (χ2v) is 4.88. The van der Waals surface area contributed by atoms with Crippen molar-refractivity contribution in [1.82, 2.24) is 0 Å². The molecule has 0 heterocycles. The Morgan fingerprint density at radius 3 is 2.75 bits per heavy atom. The van der Waals surface area contributed by atoms with E-state index in [4.69, 9.17) is 5.11 Å². The zero-order valence-corrected chi connectivity index (χ0v) is 10.2.